The lowest BCUT2D eigenvalue weighted by Crippen LogP contribution is -2.46. The minimum Gasteiger partial charge on any atom is -0.377 e. The van der Waals surface area contributed by atoms with Crippen LogP contribution < -0.4 is 0 Å². The van der Waals surface area contributed by atoms with Crippen molar-refractivity contribution in [2.45, 2.75) is 69.1 Å². The van der Waals surface area contributed by atoms with Crippen molar-refractivity contribution in [2.75, 3.05) is 14.1 Å². The first-order chi connectivity index (χ1) is 11.9. The third-order valence-electron chi connectivity index (χ3n) is 7.74. The van der Waals surface area contributed by atoms with Gasteiger partial charge in [0.05, 0.1) is 26.2 Å². The van der Waals surface area contributed by atoms with Crippen molar-refractivity contribution in [2.24, 2.45) is 11.8 Å². The maximum atomic E-state index is 13.4. The van der Waals surface area contributed by atoms with E-state index in [1.54, 1.807) is 0 Å². The summed E-state index contributed by atoms with van der Waals surface area (Å²) in [5.74, 6) is 0.601. The van der Waals surface area contributed by atoms with Crippen molar-refractivity contribution in [1.82, 2.24) is 0 Å². The summed E-state index contributed by atoms with van der Waals surface area (Å²) >= 11 is 0. The lowest BCUT2D eigenvalue weighted by Gasteiger charge is -2.35. The van der Waals surface area contributed by atoms with E-state index >= 15 is 0 Å². The van der Waals surface area contributed by atoms with Crippen LogP contribution in [0.5, 0.6) is 0 Å². The highest BCUT2D eigenvalue weighted by Gasteiger charge is 2.56. The molecule has 3 nitrogen and oxygen atoms in total. The Morgan fingerprint density at radius 3 is 2.36 bits per heavy atom. The predicted octanol–water partition coefficient (Wildman–Crippen LogP) is 3.65. The van der Waals surface area contributed by atoms with Crippen molar-refractivity contribution in [3.63, 3.8) is 0 Å². The molecule has 0 aromatic heterocycles. The summed E-state index contributed by atoms with van der Waals surface area (Å²) in [5, 5.41) is 11.7. The zero-order valence-corrected chi connectivity index (χ0v) is 15.7. The summed E-state index contributed by atoms with van der Waals surface area (Å²) in [4.78, 5) is 13.4. The molecule has 3 aliphatic rings. The molecule has 1 saturated carbocycles. The molecule has 3 heteroatoms. The molecule has 3 fully saturated rings. The van der Waals surface area contributed by atoms with Gasteiger partial charge in [0.1, 0.15) is 0 Å². The summed E-state index contributed by atoms with van der Waals surface area (Å²) in [6.45, 7) is 0. The second kappa shape index (κ2) is 6.21. The second-order valence-corrected chi connectivity index (χ2v) is 9.16. The standard InChI is InChI=1S/C22H32NO2/c1-23(2)19-12-13-20(23)16(14-19)15-21(24)22(25,18-10-6-7-11-18)17-8-4-3-5-9-17/h3-5,8-9,16,18-20,25H,6-7,10-15H2,1-2H3/q+1/t16-,19?,20?,22?/m0/s1. The average molecular weight is 343 g/mol. The van der Waals surface area contributed by atoms with Gasteiger partial charge in [-0.2, -0.15) is 0 Å². The predicted molar refractivity (Wildman–Crippen MR) is 98.9 cm³/mol. The zero-order chi connectivity index (χ0) is 17.7. The number of ketones is 1. The SMILES string of the molecule is C[N+]1(C)C2CCC1[C@H](CC(=O)C(O)(c1ccccc1)C1CCCC1)C2. The van der Waals surface area contributed by atoms with Crippen LogP contribution in [0.1, 0.15) is 56.9 Å². The highest BCUT2D eigenvalue weighted by atomic mass is 16.3. The van der Waals surface area contributed by atoms with Crippen molar-refractivity contribution >= 4 is 5.78 Å². The molecule has 0 spiro atoms. The number of carbonyl (C=O) groups excluding carboxylic acids is 1. The Hall–Kier alpha value is -1.19. The topological polar surface area (TPSA) is 37.3 Å². The Morgan fingerprint density at radius 1 is 1.12 bits per heavy atom. The van der Waals surface area contributed by atoms with Gasteiger partial charge in [0.15, 0.2) is 11.4 Å². The summed E-state index contributed by atoms with van der Waals surface area (Å²) in [6.07, 6.45) is 8.43. The Labute approximate surface area is 151 Å². The van der Waals surface area contributed by atoms with Crippen molar-refractivity contribution in [1.29, 1.82) is 0 Å². The summed E-state index contributed by atoms with van der Waals surface area (Å²) in [5.41, 5.74) is -0.472. The van der Waals surface area contributed by atoms with Crippen LogP contribution in [0.25, 0.3) is 0 Å². The smallest absolute Gasteiger partial charge is 0.169 e. The number of hydrogen-bond acceptors (Lipinski definition) is 2. The first-order valence-corrected chi connectivity index (χ1v) is 10.1. The lowest BCUT2D eigenvalue weighted by atomic mass is 9.73. The number of fused-ring (bicyclic) bond motifs is 2. The van der Waals surface area contributed by atoms with Crippen molar-refractivity contribution in [3.05, 3.63) is 35.9 Å². The molecule has 2 saturated heterocycles. The van der Waals surface area contributed by atoms with E-state index in [1.165, 1.54) is 12.8 Å². The van der Waals surface area contributed by atoms with Crippen LogP contribution in [0.3, 0.4) is 0 Å². The lowest BCUT2D eigenvalue weighted by molar-refractivity contribution is -0.913. The number of nitrogens with zero attached hydrogens (tertiary/aromatic N) is 1. The van der Waals surface area contributed by atoms with Crippen molar-refractivity contribution in [3.8, 4) is 0 Å². The number of benzene rings is 1. The number of hydrogen-bond donors (Lipinski definition) is 1. The molecule has 1 N–H and O–H groups in total. The quantitative estimate of drug-likeness (QED) is 0.829. The van der Waals surface area contributed by atoms with Gasteiger partial charge in [-0.05, 0) is 24.3 Å². The van der Waals surface area contributed by atoms with Crippen LogP contribution in [-0.2, 0) is 10.4 Å². The first-order valence-electron chi connectivity index (χ1n) is 10.1. The highest BCUT2D eigenvalue weighted by molar-refractivity contribution is 5.89. The number of Topliss-reactive ketones (excluding diaryl/α,β-unsaturated/α-hetero) is 1. The minimum atomic E-state index is -1.28. The zero-order valence-electron chi connectivity index (χ0n) is 15.7. The largest absolute Gasteiger partial charge is 0.377 e. The van der Waals surface area contributed by atoms with Gasteiger partial charge in [-0.25, -0.2) is 0 Å². The van der Waals surface area contributed by atoms with E-state index in [1.807, 2.05) is 30.3 Å². The third kappa shape index (κ3) is 2.67. The number of aliphatic hydroxyl groups is 1. The van der Waals surface area contributed by atoms with Crippen LogP contribution in [-0.4, -0.2) is 41.6 Å². The molecule has 2 heterocycles. The molecule has 1 aromatic carbocycles. The van der Waals surface area contributed by atoms with Crippen molar-refractivity contribution < 1.29 is 14.4 Å². The van der Waals surface area contributed by atoms with E-state index in [-0.39, 0.29) is 11.7 Å². The minimum absolute atomic E-state index is 0.0724. The maximum absolute atomic E-state index is 13.4. The first kappa shape index (κ1) is 17.2. The Kier molecular flexibility index (Phi) is 4.28. The molecule has 2 bridgehead atoms. The molecular formula is C22H32NO2+. The van der Waals surface area contributed by atoms with E-state index in [2.05, 4.69) is 14.1 Å². The van der Waals surface area contributed by atoms with Gasteiger partial charge in [-0.15, -0.1) is 0 Å². The van der Waals surface area contributed by atoms with Gasteiger partial charge < -0.3 is 9.59 Å². The Balaban J connectivity index is 1.59. The Bertz CT molecular complexity index is 635. The van der Waals surface area contributed by atoms with Gasteiger partial charge in [0.2, 0.25) is 0 Å². The molecule has 136 valence electrons. The van der Waals surface area contributed by atoms with Gasteiger partial charge in [-0.1, -0.05) is 43.2 Å². The van der Waals surface area contributed by atoms with Crippen LogP contribution in [0.2, 0.25) is 0 Å². The van der Waals surface area contributed by atoms with E-state index in [0.717, 1.165) is 42.2 Å². The number of quaternary nitrogens is 1. The van der Waals surface area contributed by atoms with Gasteiger partial charge in [0.25, 0.3) is 0 Å². The maximum Gasteiger partial charge on any atom is 0.169 e. The van der Waals surface area contributed by atoms with Gasteiger partial charge >= 0.3 is 0 Å². The Morgan fingerprint density at radius 2 is 1.80 bits per heavy atom. The van der Waals surface area contributed by atoms with E-state index in [9.17, 15) is 9.90 Å². The van der Waals surface area contributed by atoms with Crippen LogP contribution >= 0.6 is 0 Å². The average Bonchev–Trinajstić information content (AvgIpc) is 3.30. The monoisotopic (exact) mass is 342 g/mol. The van der Waals surface area contributed by atoms with E-state index in [0.29, 0.717) is 24.4 Å². The highest BCUT2D eigenvalue weighted by Crippen LogP contribution is 2.49. The molecule has 0 radical (unpaired) electrons. The molecule has 4 atom stereocenters. The van der Waals surface area contributed by atoms with Crippen LogP contribution in [0.15, 0.2) is 30.3 Å². The normalized spacial score (nSPS) is 33.5. The molecule has 0 amide bonds. The van der Waals surface area contributed by atoms with E-state index < -0.39 is 5.60 Å². The fourth-order valence-corrected chi connectivity index (χ4v) is 6.25. The summed E-state index contributed by atoms with van der Waals surface area (Å²) in [7, 11) is 4.65. The number of carbonyl (C=O) groups is 1. The fraction of sp³-hybridized carbons (Fsp3) is 0.682. The molecule has 3 unspecified atom stereocenters. The molecular weight excluding hydrogens is 310 g/mol. The molecule has 1 aromatic rings. The van der Waals surface area contributed by atoms with Gasteiger partial charge in [-0.3, -0.25) is 4.79 Å². The van der Waals surface area contributed by atoms with Gasteiger partial charge in [0, 0.05) is 31.6 Å². The van der Waals surface area contributed by atoms with Crippen LogP contribution in [0.4, 0.5) is 0 Å². The molecule has 4 rings (SSSR count). The molecule has 2 aliphatic heterocycles. The third-order valence-corrected chi connectivity index (χ3v) is 7.74. The van der Waals surface area contributed by atoms with Crippen LogP contribution in [0, 0.1) is 11.8 Å². The second-order valence-electron chi connectivity index (χ2n) is 9.16. The number of rotatable bonds is 5. The summed E-state index contributed by atoms with van der Waals surface area (Å²) in [6, 6.07) is 11.0. The summed E-state index contributed by atoms with van der Waals surface area (Å²) < 4.78 is 1.07. The fourth-order valence-electron chi connectivity index (χ4n) is 6.25. The molecule has 25 heavy (non-hydrogen) atoms. The van der Waals surface area contributed by atoms with E-state index in [4.69, 9.17) is 0 Å². The molecule has 1 aliphatic carbocycles.